The maximum absolute atomic E-state index is 9.70. The largest absolute Gasteiger partial charge is 0.394 e. The number of aliphatic hydroxyl groups is 1. The molecule has 26 heavy (non-hydrogen) atoms. The Morgan fingerprint density at radius 2 is 2.08 bits per heavy atom. The van der Waals surface area contributed by atoms with Crippen molar-refractivity contribution in [2.45, 2.75) is 24.8 Å². The predicted molar refractivity (Wildman–Crippen MR) is 103 cm³/mol. The summed E-state index contributed by atoms with van der Waals surface area (Å²) in [6.45, 7) is -0.0580. The van der Waals surface area contributed by atoms with E-state index >= 15 is 0 Å². The molecule has 0 bridgehead atoms. The van der Waals surface area contributed by atoms with Gasteiger partial charge in [0.05, 0.1) is 22.8 Å². The van der Waals surface area contributed by atoms with Gasteiger partial charge in [-0.2, -0.15) is 10.1 Å². The number of H-pyrrole nitrogens is 1. The van der Waals surface area contributed by atoms with E-state index in [0.29, 0.717) is 17.7 Å². The molecule has 1 aliphatic rings. The molecule has 3 aromatic rings. The van der Waals surface area contributed by atoms with E-state index in [0.717, 1.165) is 21.5 Å². The smallest absolute Gasteiger partial charge is 0.225 e. The van der Waals surface area contributed by atoms with Crippen LogP contribution in [0.3, 0.4) is 0 Å². The maximum Gasteiger partial charge on any atom is 0.225 e. The van der Waals surface area contributed by atoms with Gasteiger partial charge >= 0.3 is 0 Å². The summed E-state index contributed by atoms with van der Waals surface area (Å²) in [4.78, 5) is 8.80. The third-order valence-corrected chi connectivity index (χ3v) is 4.86. The molecule has 8 heteroatoms. The second-order valence-corrected chi connectivity index (χ2v) is 7.14. The topological polar surface area (TPSA) is 98.7 Å². The molecule has 2 aromatic heterocycles. The molecule has 134 valence electrons. The van der Waals surface area contributed by atoms with Gasteiger partial charge in [-0.1, -0.05) is 30.3 Å². The summed E-state index contributed by atoms with van der Waals surface area (Å²) in [5.74, 6) is 2.43. The lowest BCUT2D eigenvalue weighted by Gasteiger charge is -2.17. The van der Waals surface area contributed by atoms with Gasteiger partial charge in [0, 0.05) is 18.2 Å². The van der Waals surface area contributed by atoms with Gasteiger partial charge in [-0.25, -0.2) is 4.98 Å². The van der Waals surface area contributed by atoms with Crippen molar-refractivity contribution >= 4 is 33.5 Å². The highest BCUT2D eigenvalue weighted by Gasteiger charge is 2.26. The van der Waals surface area contributed by atoms with E-state index in [2.05, 4.69) is 46.7 Å². The average molecular weight is 415 g/mol. The molecule has 0 saturated heterocycles. The summed E-state index contributed by atoms with van der Waals surface area (Å²) in [6, 6.07) is 11.5. The summed E-state index contributed by atoms with van der Waals surface area (Å²) in [5, 5.41) is 23.4. The van der Waals surface area contributed by atoms with Crippen molar-refractivity contribution in [3.63, 3.8) is 0 Å². The summed E-state index contributed by atoms with van der Waals surface area (Å²) >= 11 is 3.47. The summed E-state index contributed by atoms with van der Waals surface area (Å²) in [7, 11) is 0. The van der Waals surface area contributed by atoms with Gasteiger partial charge < -0.3 is 15.7 Å². The third-order valence-electron chi connectivity index (χ3n) is 4.28. The Balaban J connectivity index is 1.51. The molecule has 0 amide bonds. The highest BCUT2D eigenvalue weighted by molar-refractivity contribution is 9.10. The molecular weight excluding hydrogens is 396 g/mol. The Kier molecular flexibility index (Phi) is 4.85. The van der Waals surface area contributed by atoms with Gasteiger partial charge in [-0.15, -0.1) is 0 Å². The maximum atomic E-state index is 9.70. The van der Waals surface area contributed by atoms with Crippen LogP contribution in [0.15, 0.2) is 47.1 Å². The Morgan fingerprint density at radius 3 is 2.81 bits per heavy atom. The lowest BCUT2D eigenvalue weighted by molar-refractivity contribution is 0.276. The number of nitrogens with one attached hydrogen (secondary N) is 3. The molecule has 7 nitrogen and oxygen atoms in total. The first-order chi connectivity index (χ1) is 12.7. The zero-order chi connectivity index (χ0) is 17.9. The minimum Gasteiger partial charge on any atom is -0.394 e. The van der Waals surface area contributed by atoms with Gasteiger partial charge in [-0.05, 0) is 34.3 Å². The summed E-state index contributed by atoms with van der Waals surface area (Å²) in [5.41, 5.74) is 2.05. The number of anilines is 3. The molecule has 4 N–H and O–H groups in total. The number of nitrogens with zero attached hydrogens (tertiary/aromatic N) is 3. The van der Waals surface area contributed by atoms with E-state index in [1.165, 1.54) is 12.8 Å². The van der Waals surface area contributed by atoms with Crippen molar-refractivity contribution in [2.24, 2.45) is 0 Å². The van der Waals surface area contributed by atoms with Crippen molar-refractivity contribution in [3.8, 4) is 0 Å². The molecule has 1 aromatic carbocycles. The lowest BCUT2D eigenvalue weighted by Crippen LogP contribution is -2.16. The van der Waals surface area contributed by atoms with E-state index in [1.54, 1.807) is 6.20 Å². The molecule has 0 aliphatic heterocycles. The first kappa shape index (κ1) is 17.0. The van der Waals surface area contributed by atoms with Crippen LogP contribution < -0.4 is 10.6 Å². The van der Waals surface area contributed by atoms with Crippen LogP contribution in [0.1, 0.15) is 36.1 Å². The number of rotatable bonds is 7. The standard InChI is InChI=1S/C18H19BrN6O/c19-13-9-20-18(21-15(10-26)11-4-2-1-3-5-11)23-17(13)22-16-8-14(24-25-16)12-6-7-12/h1-5,8-9,12,15,26H,6-7,10H2,(H3,20,21,22,23,24,25). The monoisotopic (exact) mass is 414 g/mol. The van der Waals surface area contributed by atoms with Crippen LogP contribution in [-0.4, -0.2) is 31.9 Å². The predicted octanol–water partition coefficient (Wildman–Crippen LogP) is 3.73. The van der Waals surface area contributed by atoms with Crippen molar-refractivity contribution in [1.82, 2.24) is 20.2 Å². The second kappa shape index (κ2) is 7.43. The van der Waals surface area contributed by atoms with Crippen molar-refractivity contribution < 1.29 is 5.11 Å². The number of hydrogen-bond acceptors (Lipinski definition) is 6. The number of benzene rings is 1. The van der Waals surface area contributed by atoms with E-state index in [9.17, 15) is 5.11 Å². The number of aliphatic hydroxyl groups excluding tert-OH is 1. The molecular formula is C18H19BrN6O. The van der Waals surface area contributed by atoms with Crippen LogP contribution in [0.2, 0.25) is 0 Å². The molecule has 1 fully saturated rings. The fraction of sp³-hybridized carbons (Fsp3) is 0.278. The van der Waals surface area contributed by atoms with Crippen LogP contribution >= 0.6 is 15.9 Å². The van der Waals surface area contributed by atoms with Gasteiger partial charge in [0.15, 0.2) is 5.82 Å². The van der Waals surface area contributed by atoms with Crippen LogP contribution in [-0.2, 0) is 0 Å². The van der Waals surface area contributed by atoms with E-state index < -0.39 is 0 Å². The minimum absolute atomic E-state index is 0.0580. The number of hydrogen-bond donors (Lipinski definition) is 4. The van der Waals surface area contributed by atoms with Gasteiger partial charge in [0.1, 0.15) is 5.82 Å². The molecule has 1 aliphatic carbocycles. The number of aromatic amines is 1. The third kappa shape index (κ3) is 3.86. The Hall–Kier alpha value is -2.45. The summed E-state index contributed by atoms with van der Waals surface area (Å²) in [6.07, 6.45) is 4.09. The van der Waals surface area contributed by atoms with E-state index in [1.807, 2.05) is 36.4 Å². The SMILES string of the molecule is OCC(Nc1ncc(Br)c(Nc2cc(C3CC3)n[nH]2)n1)c1ccccc1. The minimum atomic E-state index is -0.279. The zero-order valence-corrected chi connectivity index (χ0v) is 15.6. The Bertz CT molecular complexity index is 880. The van der Waals surface area contributed by atoms with Crippen LogP contribution in [0.4, 0.5) is 17.6 Å². The molecule has 1 unspecified atom stereocenters. The second-order valence-electron chi connectivity index (χ2n) is 6.29. The van der Waals surface area contributed by atoms with Gasteiger partial charge in [0.25, 0.3) is 0 Å². The van der Waals surface area contributed by atoms with Crippen molar-refractivity contribution in [3.05, 3.63) is 58.3 Å². The van der Waals surface area contributed by atoms with Gasteiger partial charge in [0.2, 0.25) is 5.95 Å². The van der Waals surface area contributed by atoms with Crippen LogP contribution in [0, 0.1) is 0 Å². The highest BCUT2D eigenvalue weighted by Crippen LogP contribution is 2.39. The van der Waals surface area contributed by atoms with Crippen molar-refractivity contribution in [2.75, 3.05) is 17.2 Å². The summed E-state index contributed by atoms with van der Waals surface area (Å²) < 4.78 is 0.742. The number of halogens is 1. The first-order valence-corrected chi connectivity index (χ1v) is 9.29. The zero-order valence-electron chi connectivity index (χ0n) is 14.0. The fourth-order valence-electron chi connectivity index (χ4n) is 2.72. The number of aromatic nitrogens is 4. The van der Waals surface area contributed by atoms with Crippen molar-refractivity contribution in [1.29, 1.82) is 0 Å². The molecule has 1 saturated carbocycles. The average Bonchev–Trinajstić information content (AvgIpc) is 3.42. The normalized spacial score (nSPS) is 14.8. The lowest BCUT2D eigenvalue weighted by atomic mass is 10.1. The first-order valence-electron chi connectivity index (χ1n) is 8.50. The van der Waals surface area contributed by atoms with Gasteiger partial charge in [-0.3, -0.25) is 5.10 Å². The molecule has 0 spiro atoms. The Morgan fingerprint density at radius 1 is 1.27 bits per heavy atom. The fourth-order valence-corrected chi connectivity index (χ4v) is 3.01. The highest BCUT2D eigenvalue weighted by atomic mass is 79.9. The van der Waals surface area contributed by atoms with Crippen LogP contribution in [0.5, 0.6) is 0 Å². The van der Waals surface area contributed by atoms with E-state index in [-0.39, 0.29) is 12.6 Å². The quantitative estimate of drug-likeness (QED) is 0.470. The molecule has 0 radical (unpaired) electrons. The molecule has 2 heterocycles. The van der Waals surface area contributed by atoms with E-state index in [4.69, 9.17) is 0 Å². The van der Waals surface area contributed by atoms with Crippen LogP contribution in [0.25, 0.3) is 0 Å². The Labute approximate surface area is 159 Å². The molecule has 1 atom stereocenters. The molecule has 4 rings (SSSR count).